The van der Waals surface area contributed by atoms with Crippen LogP contribution in [-0.4, -0.2) is 29.3 Å². The molecule has 0 aromatic heterocycles. The van der Waals surface area contributed by atoms with Crippen LogP contribution in [0, 0.1) is 6.92 Å². The number of ether oxygens (including phenoxy) is 1. The van der Waals surface area contributed by atoms with Gasteiger partial charge in [-0.1, -0.05) is 13.0 Å². The minimum atomic E-state index is -0.880. The lowest BCUT2D eigenvalue weighted by Crippen LogP contribution is -2.45. The maximum Gasteiger partial charge on any atom is 0.319 e. The van der Waals surface area contributed by atoms with Gasteiger partial charge in [-0.15, -0.1) is 0 Å². The van der Waals surface area contributed by atoms with Crippen molar-refractivity contribution in [2.24, 2.45) is 0 Å². The van der Waals surface area contributed by atoms with E-state index in [2.05, 4.69) is 10.6 Å². The monoisotopic (exact) mass is 322 g/mol. The molecule has 0 fully saturated rings. The van der Waals surface area contributed by atoms with Gasteiger partial charge < -0.3 is 20.5 Å². The van der Waals surface area contributed by atoms with E-state index in [0.717, 1.165) is 12.0 Å². The number of carboxylic acids is 1. The molecule has 6 nitrogen and oxygen atoms in total. The van der Waals surface area contributed by atoms with Crippen LogP contribution in [0.15, 0.2) is 18.2 Å². The highest BCUT2D eigenvalue weighted by atomic mass is 16.5. The van der Waals surface area contributed by atoms with Gasteiger partial charge in [0.25, 0.3) is 0 Å². The Hall–Kier alpha value is -2.24. The molecule has 0 saturated heterocycles. The Balaban J connectivity index is 2.71. The van der Waals surface area contributed by atoms with Crippen LogP contribution in [0.2, 0.25) is 0 Å². The topological polar surface area (TPSA) is 87.7 Å². The molecule has 23 heavy (non-hydrogen) atoms. The molecule has 0 spiro atoms. The van der Waals surface area contributed by atoms with E-state index in [-0.39, 0.29) is 12.5 Å². The van der Waals surface area contributed by atoms with Gasteiger partial charge in [0.1, 0.15) is 5.75 Å². The number of hydrogen-bond acceptors (Lipinski definition) is 3. The summed E-state index contributed by atoms with van der Waals surface area (Å²) in [5.41, 5.74) is 1.02. The van der Waals surface area contributed by atoms with Gasteiger partial charge in [0, 0.05) is 12.0 Å². The van der Waals surface area contributed by atoms with Crippen molar-refractivity contribution in [2.45, 2.75) is 52.5 Å². The van der Waals surface area contributed by atoms with Gasteiger partial charge in [-0.3, -0.25) is 4.79 Å². The summed E-state index contributed by atoms with van der Waals surface area (Å²) < 4.78 is 5.66. The van der Waals surface area contributed by atoms with Crippen molar-refractivity contribution in [3.63, 3.8) is 0 Å². The van der Waals surface area contributed by atoms with E-state index < -0.39 is 11.5 Å². The Morgan fingerprint density at radius 3 is 2.61 bits per heavy atom. The number of urea groups is 1. The summed E-state index contributed by atoms with van der Waals surface area (Å²) >= 11 is 0. The number of carbonyl (C=O) groups is 2. The number of hydrogen-bond donors (Lipinski definition) is 3. The minimum absolute atomic E-state index is 0.00265. The maximum atomic E-state index is 12.2. The van der Waals surface area contributed by atoms with Gasteiger partial charge in [-0.25, -0.2) is 4.79 Å². The Morgan fingerprint density at radius 2 is 2.00 bits per heavy atom. The Labute approximate surface area is 137 Å². The van der Waals surface area contributed by atoms with Gasteiger partial charge in [0.15, 0.2) is 0 Å². The summed E-state index contributed by atoms with van der Waals surface area (Å²) in [7, 11) is 0. The Bertz CT molecular complexity index is 556. The van der Waals surface area contributed by atoms with Crippen molar-refractivity contribution >= 4 is 17.7 Å². The highest BCUT2D eigenvalue weighted by molar-refractivity contribution is 5.91. The molecule has 0 saturated carbocycles. The zero-order valence-corrected chi connectivity index (χ0v) is 14.2. The quantitative estimate of drug-likeness (QED) is 0.683. The van der Waals surface area contributed by atoms with Crippen molar-refractivity contribution in [3.05, 3.63) is 23.8 Å². The molecule has 3 N–H and O–H groups in total. The van der Waals surface area contributed by atoms with E-state index in [9.17, 15) is 9.59 Å². The number of aryl methyl sites for hydroxylation is 1. The summed E-state index contributed by atoms with van der Waals surface area (Å²) in [4.78, 5) is 22.8. The summed E-state index contributed by atoms with van der Waals surface area (Å²) in [6, 6.07) is 5.18. The number of aliphatic carboxylic acids is 1. The summed E-state index contributed by atoms with van der Waals surface area (Å²) in [5, 5.41) is 14.3. The average Bonchev–Trinajstić information content (AvgIpc) is 2.45. The van der Waals surface area contributed by atoms with Crippen molar-refractivity contribution in [1.82, 2.24) is 5.32 Å². The SMILES string of the molecule is CCCOc1cc(C)ccc1NC(=O)NC(C)(C)CCC(=O)O. The molecule has 128 valence electrons. The van der Waals surface area contributed by atoms with E-state index in [1.807, 2.05) is 26.0 Å². The fourth-order valence-corrected chi connectivity index (χ4v) is 2.01. The molecule has 1 aromatic carbocycles. The first kappa shape index (κ1) is 18.8. The number of benzene rings is 1. The first-order valence-electron chi connectivity index (χ1n) is 7.78. The van der Waals surface area contributed by atoms with Crippen LogP contribution < -0.4 is 15.4 Å². The molecule has 0 aliphatic rings. The number of anilines is 1. The molecular weight excluding hydrogens is 296 g/mol. The minimum Gasteiger partial charge on any atom is -0.491 e. The lowest BCUT2D eigenvalue weighted by molar-refractivity contribution is -0.137. The first-order chi connectivity index (χ1) is 10.7. The van der Waals surface area contributed by atoms with Crippen LogP contribution in [0.1, 0.15) is 45.6 Å². The molecule has 0 heterocycles. The van der Waals surface area contributed by atoms with Crippen LogP contribution in [-0.2, 0) is 4.79 Å². The van der Waals surface area contributed by atoms with E-state index >= 15 is 0 Å². The van der Waals surface area contributed by atoms with Gasteiger partial charge in [0.05, 0.1) is 12.3 Å². The lowest BCUT2D eigenvalue weighted by Gasteiger charge is -2.26. The van der Waals surface area contributed by atoms with Gasteiger partial charge >= 0.3 is 12.0 Å². The largest absolute Gasteiger partial charge is 0.491 e. The van der Waals surface area contributed by atoms with Crippen molar-refractivity contribution in [1.29, 1.82) is 0 Å². The highest BCUT2D eigenvalue weighted by Gasteiger charge is 2.22. The van der Waals surface area contributed by atoms with Crippen LogP contribution in [0.3, 0.4) is 0 Å². The number of amides is 2. The van der Waals surface area contributed by atoms with Crippen molar-refractivity contribution < 1.29 is 19.4 Å². The summed E-state index contributed by atoms with van der Waals surface area (Å²) in [6.07, 6.45) is 1.23. The summed E-state index contributed by atoms with van der Waals surface area (Å²) in [6.45, 7) is 8.13. The molecule has 0 atom stereocenters. The molecule has 1 aromatic rings. The third kappa shape index (κ3) is 7.04. The van der Waals surface area contributed by atoms with E-state index in [1.54, 1.807) is 19.9 Å². The van der Waals surface area contributed by atoms with E-state index in [0.29, 0.717) is 24.5 Å². The Morgan fingerprint density at radius 1 is 1.30 bits per heavy atom. The van der Waals surface area contributed by atoms with Gasteiger partial charge in [-0.2, -0.15) is 0 Å². The number of rotatable bonds is 8. The lowest BCUT2D eigenvalue weighted by atomic mass is 9.99. The van der Waals surface area contributed by atoms with Crippen LogP contribution >= 0.6 is 0 Å². The smallest absolute Gasteiger partial charge is 0.319 e. The molecule has 0 aliphatic heterocycles. The van der Waals surface area contributed by atoms with Crippen molar-refractivity contribution in [3.8, 4) is 5.75 Å². The summed E-state index contributed by atoms with van der Waals surface area (Å²) in [5.74, 6) is -0.251. The van der Waals surface area contributed by atoms with Crippen LogP contribution in [0.5, 0.6) is 5.75 Å². The molecule has 1 rings (SSSR count). The number of nitrogens with one attached hydrogen (secondary N) is 2. The van der Waals surface area contributed by atoms with E-state index in [4.69, 9.17) is 9.84 Å². The second-order valence-corrected chi connectivity index (χ2v) is 6.20. The second-order valence-electron chi connectivity index (χ2n) is 6.20. The van der Waals surface area contributed by atoms with Gasteiger partial charge in [-0.05, 0) is 51.3 Å². The normalized spacial score (nSPS) is 11.0. The zero-order chi connectivity index (χ0) is 17.5. The third-order valence-electron chi connectivity index (χ3n) is 3.26. The number of carboxylic acid groups (broad SMARTS) is 1. The average molecular weight is 322 g/mol. The van der Waals surface area contributed by atoms with E-state index in [1.165, 1.54) is 0 Å². The molecular formula is C17H26N2O4. The Kier molecular flexibility index (Phi) is 6.88. The standard InChI is InChI=1S/C17H26N2O4/c1-5-10-23-14-11-12(2)6-7-13(14)18-16(22)19-17(3,4)9-8-15(20)21/h6-7,11H,5,8-10H2,1-4H3,(H,20,21)(H2,18,19,22). The molecule has 2 amide bonds. The molecule has 0 radical (unpaired) electrons. The molecule has 0 unspecified atom stereocenters. The fraction of sp³-hybridized carbons (Fsp3) is 0.529. The maximum absolute atomic E-state index is 12.2. The number of carbonyl (C=O) groups excluding carboxylic acids is 1. The zero-order valence-electron chi connectivity index (χ0n) is 14.2. The highest BCUT2D eigenvalue weighted by Crippen LogP contribution is 2.26. The van der Waals surface area contributed by atoms with Crippen molar-refractivity contribution in [2.75, 3.05) is 11.9 Å². The first-order valence-corrected chi connectivity index (χ1v) is 7.78. The van der Waals surface area contributed by atoms with Crippen LogP contribution in [0.25, 0.3) is 0 Å². The fourth-order valence-electron chi connectivity index (χ4n) is 2.01. The predicted octanol–water partition coefficient (Wildman–Crippen LogP) is 3.55. The van der Waals surface area contributed by atoms with Crippen LogP contribution in [0.4, 0.5) is 10.5 Å². The third-order valence-corrected chi connectivity index (χ3v) is 3.26. The molecule has 0 aliphatic carbocycles. The molecule has 6 heteroatoms. The predicted molar refractivity (Wildman–Crippen MR) is 90.1 cm³/mol. The molecule has 0 bridgehead atoms. The van der Waals surface area contributed by atoms with Gasteiger partial charge in [0.2, 0.25) is 0 Å². The second kappa shape index (κ2) is 8.41.